The largest absolute Gasteiger partial charge is 0.369 e. The lowest BCUT2D eigenvalue weighted by Gasteiger charge is -2.35. The molecule has 0 unspecified atom stereocenters. The molecule has 2 atom stereocenters. The molecule has 3 aliphatic rings. The van der Waals surface area contributed by atoms with Crippen LogP contribution in [0.15, 0.2) is 40.9 Å². The SMILES string of the molecule is NC(=O)C1CCN(C(=O)C[C@@H]2CCNC[C@@H]2Cc2cc(CN3CCN(c4ccccc4)CC3)on2)CC1. The summed E-state index contributed by atoms with van der Waals surface area (Å²) in [7, 11) is 0. The van der Waals surface area contributed by atoms with E-state index in [0.29, 0.717) is 44.2 Å². The number of rotatable bonds is 8. The van der Waals surface area contributed by atoms with Crippen molar-refractivity contribution in [3.05, 3.63) is 47.9 Å². The van der Waals surface area contributed by atoms with Gasteiger partial charge in [0.15, 0.2) is 5.76 Å². The summed E-state index contributed by atoms with van der Waals surface area (Å²) in [6.07, 6.45) is 3.73. The Bertz CT molecular complexity index is 1030. The van der Waals surface area contributed by atoms with Gasteiger partial charge in [0.05, 0.1) is 12.2 Å². The number of hydrogen-bond donors (Lipinski definition) is 2. The molecule has 9 nitrogen and oxygen atoms in total. The Morgan fingerprint density at radius 3 is 2.49 bits per heavy atom. The molecular formula is C28H40N6O3. The Morgan fingerprint density at radius 2 is 1.76 bits per heavy atom. The number of likely N-dealkylation sites (tertiary alicyclic amines) is 1. The van der Waals surface area contributed by atoms with Crippen LogP contribution in [0.5, 0.6) is 0 Å². The lowest BCUT2D eigenvalue weighted by molar-refractivity contribution is -0.136. The molecule has 1 aromatic heterocycles. The third-order valence-corrected chi connectivity index (χ3v) is 8.40. The van der Waals surface area contributed by atoms with Crippen molar-refractivity contribution in [3.63, 3.8) is 0 Å². The van der Waals surface area contributed by atoms with Crippen LogP contribution in [-0.4, -0.2) is 79.1 Å². The summed E-state index contributed by atoms with van der Waals surface area (Å²) in [6, 6.07) is 12.7. The molecule has 0 saturated carbocycles. The van der Waals surface area contributed by atoms with Gasteiger partial charge in [-0.05, 0) is 62.7 Å². The van der Waals surface area contributed by atoms with E-state index in [9.17, 15) is 9.59 Å². The molecule has 0 aliphatic carbocycles. The number of piperidine rings is 2. The van der Waals surface area contributed by atoms with Crippen LogP contribution < -0.4 is 16.0 Å². The summed E-state index contributed by atoms with van der Waals surface area (Å²) in [5.41, 5.74) is 7.71. The molecular weight excluding hydrogens is 468 g/mol. The van der Waals surface area contributed by atoms with Gasteiger partial charge >= 0.3 is 0 Å². The molecule has 3 fully saturated rings. The Morgan fingerprint density at radius 1 is 1.00 bits per heavy atom. The third-order valence-electron chi connectivity index (χ3n) is 8.40. The number of aromatic nitrogens is 1. The summed E-state index contributed by atoms with van der Waals surface area (Å²) in [5, 5.41) is 7.89. The van der Waals surface area contributed by atoms with Crippen LogP contribution in [0.2, 0.25) is 0 Å². The summed E-state index contributed by atoms with van der Waals surface area (Å²) < 4.78 is 5.72. The Balaban J connectivity index is 1.10. The smallest absolute Gasteiger partial charge is 0.222 e. The van der Waals surface area contributed by atoms with Crippen LogP contribution in [0.4, 0.5) is 5.69 Å². The summed E-state index contributed by atoms with van der Waals surface area (Å²) in [6.45, 7) is 7.90. The molecule has 2 aromatic rings. The maximum atomic E-state index is 13.0. The first-order valence-corrected chi connectivity index (χ1v) is 13.8. The van der Waals surface area contributed by atoms with Crippen molar-refractivity contribution in [1.82, 2.24) is 20.3 Å². The molecule has 37 heavy (non-hydrogen) atoms. The molecule has 5 rings (SSSR count). The van der Waals surface area contributed by atoms with E-state index in [2.05, 4.69) is 56.7 Å². The number of carbonyl (C=O) groups excluding carboxylic acids is 2. The Kier molecular flexibility index (Phi) is 8.41. The molecule has 3 N–H and O–H groups in total. The minimum Gasteiger partial charge on any atom is -0.369 e. The monoisotopic (exact) mass is 508 g/mol. The van der Waals surface area contributed by atoms with E-state index in [1.54, 1.807) is 0 Å². The van der Waals surface area contributed by atoms with Crippen LogP contribution in [0.3, 0.4) is 0 Å². The fourth-order valence-electron chi connectivity index (χ4n) is 6.07. The number of benzene rings is 1. The normalized spacial score (nSPS) is 23.8. The van der Waals surface area contributed by atoms with Gasteiger partial charge in [0.25, 0.3) is 0 Å². The van der Waals surface area contributed by atoms with E-state index in [0.717, 1.165) is 70.1 Å². The molecule has 200 valence electrons. The maximum Gasteiger partial charge on any atom is 0.222 e. The second kappa shape index (κ2) is 12.1. The van der Waals surface area contributed by atoms with E-state index >= 15 is 0 Å². The number of anilines is 1. The van der Waals surface area contributed by atoms with Gasteiger partial charge in [-0.15, -0.1) is 0 Å². The maximum absolute atomic E-state index is 13.0. The van der Waals surface area contributed by atoms with Crippen LogP contribution in [0.25, 0.3) is 0 Å². The quantitative estimate of drug-likeness (QED) is 0.561. The predicted molar refractivity (Wildman–Crippen MR) is 142 cm³/mol. The number of nitrogens with two attached hydrogens (primary N) is 1. The predicted octanol–water partition coefficient (Wildman–Crippen LogP) is 1.88. The van der Waals surface area contributed by atoms with Gasteiger partial charge in [0.2, 0.25) is 11.8 Å². The van der Waals surface area contributed by atoms with Crippen molar-refractivity contribution in [2.45, 2.75) is 38.6 Å². The highest BCUT2D eigenvalue weighted by molar-refractivity contribution is 5.79. The zero-order valence-electron chi connectivity index (χ0n) is 21.7. The molecule has 1 aromatic carbocycles. The zero-order valence-corrected chi connectivity index (χ0v) is 21.7. The van der Waals surface area contributed by atoms with E-state index in [1.807, 2.05) is 4.90 Å². The number of amides is 2. The number of primary amides is 1. The number of hydrogen-bond acceptors (Lipinski definition) is 7. The Hall–Kier alpha value is -2.91. The molecule has 0 spiro atoms. The molecule has 0 bridgehead atoms. The average molecular weight is 509 g/mol. The lowest BCUT2D eigenvalue weighted by Crippen LogP contribution is -2.45. The molecule has 9 heteroatoms. The van der Waals surface area contributed by atoms with Crippen molar-refractivity contribution in [2.75, 3.05) is 57.3 Å². The van der Waals surface area contributed by atoms with Crippen molar-refractivity contribution < 1.29 is 14.1 Å². The molecule has 3 aliphatic heterocycles. The van der Waals surface area contributed by atoms with Crippen molar-refractivity contribution in [2.24, 2.45) is 23.5 Å². The van der Waals surface area contributed by atoms with Crippen molar-refractivity contribution in [1.29, 1.82) is 0 Å². The third kappa shape index (κ3) is 6.70. The highest BCUT2D eigenvalue weighted by Gasteiger charge is 2.32. The summed E-state index contributed by atoms with van der Waals surface area (Å²) in [5.74, 6) is 1.46. The number of carbonyl (C=O) groups is 2. The fourth-order valence-corrected chi connectivity index (χ4v) is 6.07. The molecule has 0 radical (unpaired) electrons. The number of piperazine rings is 1. The number of para-hydroxylation sites is 1. The minimum atomic E-state index is -0.244. The highest BCUT2D eigenvalue weighted by Crippen LogP contribution is 2.28. The molecule has 3 saturated heterocycles. The molecule has 4 heterocycles. The van der Waals surface area contributed by atoms with Gasteiger partial charge in [0.1, 0.15) is 0 Å². The molecule has 2 amide bonds. The first kappa shape index (κ1) is 25.7. The second-order valence-electron chi connectivity index (χ2n) is 10.9. The highest BCUT2D eigenvalue weighted by atomic mass is 16.5. The topological polar surface area (TPSA) is 108 Å². The number of nitrogens with one attached hydrogen (secondary N) is 1. The van der Waals surface area contributed by atoms with Gasteiger partial charge in [-0.3, -0.25) is 14.5 Å². The first-order chi connectivity index (χ1) is 18.0. The average Bonchev–Trinajstić information content (AvgIpc) is 3.37. The van der Waals surface area contributed by atoms with E-state index in [-0.39, 0.29) is 17.7 Å². The van der Waals surface area contributed by atoms with Gasteiger partial charge in [0, 0.05) is 63.4 Å². The van der Waals surface area contributed by atoms with Gasteiger partial charge in [-0.1, -0.05) is 23.4 Å². The summed E-state index contributed by atoms with van der Waals surface area (Å²) in [4.78, 5) is 31.2. The van der Waals surface area contributed by atoms with Crippen molar-refractivity contribution >= 4 is 17.5 Å². The van der Waals surface area contributed by atoms with Crippen LogP contribution >= 0.6 is 0 Å². The first-order valence-electron chi connectivity index (χ1n) is 13.8. The van der Waals surface area contributed by atoms with Crippen molar-refractivity contribution in [3.8, 4) is 0 Å². The standard InChI is InChI=1S/C28H40N6O3/c29-28(36)21-7-10-34(11-8-21)27(35)17-22-6-9-30-19-23(22)16-24-18-26(37-31-24)20-32-12-14-33(15-13-32)25-4-2-1-3-5-25/h1-5,18,21-23,30H,6-17,19-20H2,(H2,29,36)/t22-,23-/m0/s1. The van der Waals surface area contributed by atoms with Gasteiger partial charge < -0.3 is 25.4 Å². The summed E-state index contributed by atoms with van der Waals surface area (Å²) >= 11 is 0. The van der Waals surface area contributed by atoms with Gasteiger partial charge in [-0.2, -0.15) is 0 Å². The Labute approximate surface area is 219 Å². The van der Waals surface area contributed by atoms with E-state index < -0.39 is 0 Å². The lowest BCUT2D eigenvalue weighted by atomic mass is 9.80. The van der Waals surface area contributed by atoms with Gasteiger partial charge in [-0.25, -0.2) is 0 Å². The van der Waals surface area contributed by atoms with Crippen LogP contribution in [0.1, 0.15) is 37.1 Å². The number of nitrogens with zero attached hydrogens (tertiary/aromatic N) is 4. The zero-order chi connectivity index (χ0) is 25.6. The second-order valence-corrected chi connectivity index (χ2v) is 10.9. The minimum absolute atomic E-state index is 0.0928. The van der Waals surface area contributed by atoms with Crippen LogP contribution in [-0.2, 0) is 22.6 Å². The fraction of sp³-hybridized carbons (Fsp3) is 0.607. The van der Waals surface area contributed by atoms with E-state index in [1.165, 1.54) is 5.69 Å². The van der Waals surface area contributed by atoms with E-state index in [4.69, 9.17) is 10.3 Å². The van der Waals surface area contributed by atoms with Crippen LogP contribution in [0, 0.1) is 17.8 Å².